The first-order valence-corrected chi connectivity index (χ1v) is 9.46. The summed E-state index contributed by atoms with van der Waals surface area (Å²) in [5.41, 5.74) is 6.65. The Kier molecular flexibility index (Phi) is 7.76. The standard InChI is InChI=1S/C21H20ClN5O3/c1-3-16-17(9-8-15(11-24)18(16)22)25-19(12(2)28)21(30)27-26-20(29)14-6-4-13(10-23)5-7-14/h4-9,12,19,25,28H,3H2,1-2H3,(H,26,29)(H,27,30)/t12-,19?/m0/s1. The zero-order valence-corrected chi connectivity index (χ0v) is 17.1. The van der Waals surface area contributed by atoms with Crippen molar-refractivity contribution in [2.24, 2.45) is 0 Å². The lowest BCUT2D eigenvalue weighted by Gasteiger charge is -2.24. The third-order valence-corrected chi connectivity index (χ3v) is 4.80. The van der Waals surface area contributed by atoms with Crippen molar-refractivity contribution in [3.63, 3.8) is 0 Å². The van der Waals surface area contributed by atoms with E-state index in [1.165, 1.54) is 37.3 Å². The molecule has 0 aliphatic carbocycles. The van der Waals surface area contributed by atoms with Gasteiger partial charge in [-0.25, -0.2) is 0 Å². The molecule has 2 atom stereocenters. The average molecular weight is 426 g/mol. The summed E-state index contributed by atoms with van der Waals surface area (Å²) in [4.78, 5) is 24.7. The summed E-state index contributed by atoms with van der Waals surface area (Å²) >= 11 is 6.25. The predicted octanol–water partition coefficient (Wildman–Crippen LogP) is 2.27. The fourth-order valence-corrected chi connectivity index (χ4v) is 3.07. The number of aliphatic hydroxyl groups is 1. The molecule has 0 aliphatic heterocycles. The number of halogens is 1. The quantitative estimate of drug-likeness (QED) is 0.524. The van der Waals surface area contributed by atoms with E-state index in [0.717, 1.165) is 0 Å². The minimum absolute atomic E-state index is 0.253. The summed E-state index contributed by atoms with van der Waals surface area (Å²) in [5.74, 6) is -1.25. The normalized spacial score (nSPS) is 12.1. The summed E-state index contributed by atoms with van der Waals surface area (Å²) in [6, 6.07) is 11.9. The van der Waals surface area contributed by atoms with Gasteiger partial charge in [-0.05, 0) is 55.3 Å². The summed E-state index contributed by atoms with van der Waals surface area (Å²) in [5, 5.41) is 31.2. The number of nitrogens with zero attached hydrogens (tertiary/aromatic N) is 2. The number of amides is 2. The van der Waals surface area contributed by atoms with Crippen molar-refractivity contribution < 1.29 is 14.7 Å². The second-order valence-corrected chi connectivity index (χ2v) is 6.79. The molecule has 2 amide bonds. The van der Waals surface area contributed by atoms with Gasteiger partial charge in [0.1, 0.15) is 12.1 Å². The zero-order valence-electron chi connectivity index (χ0n) is 16.4. The van der Waals surface area contributed by atoms with Gasteiger partial charge < -0.3 is 10.4 Å². The monoisotopic (exact) mass is 425 g/mol. The Balaban J connectivity index is 2.12. The topological polar surface area (TPSA) is 138 Å². The Morgan fingerprint density at radius 2 is 1.77 bits per heavy atom. The van der Waals surface area contributed by atoms with Crippen molar-refractivity contribution in [1.29, 1.82) is 10.5 Å². The Bertz CT molecular complexity index is 1020. The molecule has 4 N–H and O–H groups in total. The predicted molar refractivity (Wildman–Crippen MR) is 111 cm³/mol. The van der Waals surface area contributed by atoms with Crippen molar-refractivity contribution in [3.05, 3.63) is 63.7 Å². The first-order valence-electron chi connectivity index (χ1n) is 9.08. The lowest BCUT2D eigenvalue weighted by molar-refractivity contribution is -0.124. The smallest absolute Gasteiger partial charge is 0.269 e. The number of hydrazine groups is 1. The highest BCUT2D eigenvalue weighted by Crippen LogP contribution is 2.29. The van der Waals surface area contributed by atoms with E-state index in [1.807, 2.05) is 19.1 Å². The Morgan fingerprint density at radius 3 is 2.30 bits per heavy atom. The van der Waals surface area contributed by atoms with Gasteiger partial charge in [-0.3, -0.25) is 20.4 Å². The highest BCUT2D eigenvalue weighted by molar-refractivity contribution is 6.33. The average Bonchev–Trinajstić information content (AvgIpc) is 2.75. The van der Waals surface area contributed by atoms with Crippen LogP contribution in [0, 0.1) is 22.7 Å². The first kappa shape index (κ1) is 22.7. The van der Waals surface area contributed by atoms with Crippen molar-refractivity contribution in [3.8, 4) is 12.1 Å². The molecule has 0 aliphatic rings. The summed E-state index contributed by atoms with van der Waals surface area (Å²) in [7, 11) is 0. The van der Waals surface area contributed by atoms with E-state index in [1.54, 1.807) is 6.07 Å². The molecule has 8 nitrogen and oxygen atoms in total. The number of carbonyl (C=O) groups is 2. The molecule has 9 heteroatoms. The molecule has 0 bridgehead atoms. The van der Waals surface area contributed by atoms with E-state index >= 15 is 0 Å². The third kappa shape index (κ3) is 5.26. The van der Waals surface area contributed by atoms with E-state index in [0.29, 0.717) is 28.8 Å². The van der Waals surface area contributed by atoms with Crippen LogP contribution in [0.3, 0.4) is 0 Å². The molecular formula is C21H20ClN5O3. The number of aliphatic hydroxyl groups excluding tert-OH is 1. The molecular weight excluding hydrogens is 406 g/mol. The molecule has 0 aromatic heterocycles. The van der Waals surface area contributed by atoms with Crippen molar-refractivity contribution in [2.75, 3.05) is 5.32 Å². The summed E-state index contributed by atoms with van der Waals surface area (Å²) in [6.45, 7) is 3.28. The van der Waals surface area contributed by atoms with Crippen LogP contribution in [0.2, 0.25) is 5.02 Å². The van der Waals surface area contributed by atoms with E-state index in [-0.39, 0.29) is 10.6 Å². The lowest BCUT2D eigenvalue weighted by atomic mass is 10.0. The molecule has 0 spiro atoms. The molecule has 2 aromatic rings. The molecule has 2 rings (SSSR count). The highest BCUT2D eigenvalue weighted by atomic mass is 35.5. The SMILES string of the molecule is CCc1c(NC(C(=O)NNC(=O)c2ccc(C#N)cc2)[C@H](C)O)ccc(C#N)c1Cl. The molecule has 0 radical (unpaired) electrons. The van der Waals surface area contributed by atoms with E-state index in [4.69, 9.17) is 22.1 Å². The van der Waals surface area contributed by atoms with Gasteiger partial charge in [0.05, 0.1) is 28.3 Å². The van der Waals surface area contributed by atoms with Crippen LogP contribution in [0.15, 0.2) is 36.4 Å². The zero-order chi connectivity index (χ0) is 22.3. The van der Waals surface area contributed by atoms with E-state index in [9.17, 15) is 14.7 Å². The molecule has 0 saturated heterocycles. The fraction of sp³-hybridized carbons (Fsp3) is 0.238. The van der Waals surface area contributed by atoms with Crippen molar-refractivity contribution in [1.82, 2.24) is 10.9 Å². The van der Waals surface area contributed by atoms with Gasteiger partial charge in [0.2, 0.25) is 0 Å². The maximum absolute atomic E-state index is 12.6. The van der Waals surface area contributed by atoms with Crippen LogP contribution in [-0.4, -0.2) is 29.1 Å². The Morgan fingerprint density at radius 1 is 1.10 bits per heavy atom. The van der Waals surface area contributed by atoms with Gasteiger partial charge in [-0.1, -0.05) is 18.5 Å². The summed E-state index contributed by atoms with van der Waals surface area (Å²) in [6.07, 6.45) is -0.601. The van der Waals surface area contributed by atoms with Gasteiger partial charge in [-0.15, -0.1) is 0 Å². The molecule has 154 valence electrons. The van der Waals surface area contributed by atoms with Gasteiger partial charge in [0.25, 0.3) is 11.8 Å². The Labute approximate surface area is 179 Å². The number of carbonyl (C=O) groups excluding carboxylic acids is 2. The van der Waals surface area contributed by atoms with Crippen LogP contribution in [0.4, 0.5) is 5.69 Å². The van der Waals surface area contributed by atoms with Gasteiger partial charge in [0, 0.05) is 11.3 Å². The highest BCUT2D eigenvalue weighted by Gasteiger charge is 2.25. The number of anilines is 1. The first-order chi connectivity index (χ1) is 14.3. The van der Waals surface area contributed by atoms with Crippen molar-refractivity contribution in [2.45, 2.75) is 32.4 Å². The van der Waals surface area contributed by atoms with Crippen LogP contribution >= 0.6 is 11.6 Å². The maximum atomic E-state index is 12.6. The van der Waals surface area contributed by atoms with Crippen LogP contribution in [0.25, 0.3) is 0 Å². The van der Waals surface area contributed by atoms with E-state index in [2.05, 4.69) is 16.2 Å². The second kappa shape index (κ2) is 10.3. The maximum Gasteiger partial charge on any atom is 0.269 e. The third-order valence-electron chi connectivity index (χ3n) is 4.37. The van der Waals surface area contributed by atoms with E-state index < -0.39 is 24.0 Å². The van der Waals surface area contributed by atoms with Crippen LogP contribution in [-0.2, 0) is 11.2 Å². The number of nitrogens with one attached hydrogen (secondary N) is 3. The molecule has 2 aromatic carbocycles. The summed E-state index contributed by atoms with van der Waals surface area (Å²) < 4.78 is 0. The molecule has 0 saturated carbocycles. The van der Waals surface area contributed by atoms with Gasteiger partial charge in [-0.2, -0.15) is 10.5 Å². The fourth-order valence-electron chi connectivity index (χ4n) is 2.73. The number of benzene rings is 2. The molecule has 30 heavy (non-hydrogen) atoms. The van der Waals surface area contributed by atoms with Crippen molar-refractivity contribution >= 4 is 29.1 Å². The van der Waals surface area contributed by atoms with Crippen LogP contribution in [0.1, 0.15) is 40.9 Å². The number of rotatable bonds is 6. The number of nitriles is 2. The number of hydrogen-bond donors (Lipinski definition) is 4. The molecule has 0 heterocycles. The molecule has 1 unspecified atom stereocenters. The molecule has 0 fully saturated rings. The minimum Gasteiger partial charge on any atom is -0.391 e. The largest absolute Gasteiger partial charge is 0.391 e. The second-order valence-electron chi connectivity index (χ2n) is 6.41. The van der Waals surface area contributed by atoms with Gasteiger partial charge >= 0.3 is 0 Å². The minimum atomic E-state index is -1.10. The lowest BCUT2D eigenvalue weighted by Crippen LogP contribution is -2.52. The van der Waals surface area contributed by atoms with Crippen LogP contribution in [0.5, 0.6) is 0 Å². The number of hydrogen-bond acceptors (Lipinski definition) is 6. The van der Waals surface area contributed by atoms with Gasteiger partial charge in [0.15, 0.2) is 0 Å². The Hall–Kier alpha value is -3.59. The van der Waals surface area contributed by atoms with Crippen LogP contribution < -0.4 is 16.2 Å².